The number of carboxylic acid groups (broad SMARTS) is 1. The van der Waals surface area contributed by atoms with Crippen molar-refractivity contribution in [2.45, 2.75) is 56.4 Å². The zero-order valence-electron chi connectivity index (χ0n) is 13.9. The van der Waals surface area contributed by atoms with Crippen LogP contribution in [0.2, 0.25) is 0 Å². The summed E-state index contributed by atoms with van der Waals surface area (Å²) in [5.74, 6) is -1.32. The maximum Gasteiger partial charge on any atom is 0.437 e. The normalized spacial score (nSPS) is 21.7. The van der Waals surface area contributed by atoms with Crippen molar-refractivity contribution in [2.75, 3.05) is 6.54 Å². The molecule has 1 saturated heterocycles. The van der Waals surface area contributed by atoms with Crippen molar-refractivity contribution >= 4 is 11.9 Å². The van der Waals surface area contributed by atoms with Crippen LogP contribution in [0.25, 0.3) is 0 Å². The molecule has 1 amide bonds. The lowest BCUT2D eigenvalue weighted by Crippen LogP contribution is -2.48. The van der Waals surface area contributed by atoms with Gasteiger partial charge < -0.3 is 15.0 Å². The Morgan fingerprint density at radius 3 is 2.65 bits per heavy atom. The number of amides is 1. The van der Waals surface area contributed by atoms with Crippen molar-refractivity contribution in [2.24, 2.45) is 10.2 Å². The number of aromatic carboxylic acids is 1. The molecule has 2 N–H and O–H groups in total. The van der Waals surface area contributed by atoms with E-state index in [0.717, 1.165) is 12.8 Å². The van der Waals surface area contributed by atoms with Gasteiger partial charge in [0.1, 0.15) is 5.69 Å². The summed E-state index contributed by atoms with van der Waals surface area (Å²) in [4.78, 5) is 27.5. The number of nitrogens with one attached hydrogen (secondary N) is 1. The highest BCUT2D eigenvalue weighted by Crippen LogP contribution is 2.48. The number of aryl methyl sites for hydroxylation is 1. The number of hydrogen-bond acceptors (Lipinski definition) is 4. The molecule has 1 fully saturated rings. The van der Waals surface area contributed by atoms with Crippen LogP contribution in [0.4, 0.5) is 13.2 Å². The van der Waals surface area contributed by atoms with Gasteiger partial charge in [0.05, 0.1) is 0 Å². The van der Waals surface area contributed by atoms with E-state index in [4.69, 9.17) is 5.11 Å². The molecule has 0 aliphatic carbocycles. The van der Waals surface area contributed by atoms with Crippen LogP contribution in [0.1, 0.15) is 48.2 Å². The van der Waals surface area contributed by atoms with Gasteiger partial charge in [-0.2, -0.15) is 13.2 Å². The smallest absolute Gasteiger partial charge is 0.437 e. The fourth-order valence-corrected chi connectivity index (χ4v) is 3.34. The highest BCUT2D eigenvalue weighted by atomic mass is 19.4. The van der Waals surface area contributed by atoms with Crippen molar-refractivity contribution in [3.05, 3.63) is 23.5 Å². The van der Waals surface area contributed by atoms with Gasteiger partial charge in [-0.05, 0) is 37.3 Å². The van der Waals surface area contributed by atoms with E-state index in [2.05, 4.69) is 15.2 Å². The molecule has 2 aliphatic heterocycles. The minimum atomic E-state index is -4.53. The van der Waals surface area contributed by atoms with Crippen molar-refractivity contribution in [3.8, 4) is 0 Å². The molecule has 2 aliphatic rings. The van der Waals surface area contributed by atoms with Crippen molar-refractivity contribution in [1.29, 1.82) is 0 Å². The van der Waals surface area contributed by atoms with Crippen LogP contribution in [-0.2, 0) is 11.2 Å². The number of hydrogen-bond donors (Lipinski definition) is 2. The molecule has 0 spiro atoms. The number of aromatic nitrogens is 1. The van der Waals surface area contributed by atoms with Gasteiger partial charge in [-0.25, -0.2) is 4.79 Å². The lowest BCUT2D eigenvalue weighted by Gasteiger charge is -2.37. The second-order valence-corrected chi connectivity index (χ2v) is 6.68. The molecule has 0 bridgehead atoms. The molecule has 1 atom stereocenters. The molecular formula is C16H19F3N4O3. The first-order valence-electron chi connectivity index (χ1n) is 8.43. The summed E-state index contributed by atoms with van der Waals surface area (Å²) in [6.07, 6.45) is -0.878. The highest BCUT2D eigenvalue weighted by molar-refractivity contribution is 5.85. The first-order chi connectivity index (χ1) is 12.2. The third kappa shape index (κ3) is 3.73. The van der Waals surface area contributed by atoms with Crippen molar-refractivity contribution in [1.82, 2.24) is 9.88 Å². The van der Waals surface area contributed by atoms with Gasteiger partial charge in [0.2, 0.25) is 5.91 Å². The number of aromatic amines is 1. The number of rotatable bonds is 6. The number of nitrogens with zero attached hydrogens (tertiary/aromatic N) is 3. The average Bonchev–Trinajstić information content (AvgIpc) is 3.21. The minimum absolute atomic E-state index is 0.0346. The highest BCUT2D eigenvalue weighted by Gasteiger charge is 2.64. The second-order valence-electron chi connectivity index (χ2n) is 6.68. The molecule has 142 valence electrons. The van der Waals surface area contributed by atoms with Crippen LogP contribution < -0.4 is 0 Å². The van der Waals surface area contributed by atoms with E-state index in [1.165, 1.54) is 17.2 Å². The number of carboxylic acids is 1. The van der Waals surface area contributed by atoms with Crippen LogP contribution in [0.15, 0.2) is 22.5 Å². The fraction of sp³-hybridized carbons (Fsp3) is 0.625. The molecule has 1 aromatic heterocycles. The number of halogens is 3. The summed E-state index contributed by atoms with van der Waals surface area (Å²) in [5.41, 5.74) is -1.64. The molecule has 0 saturated carbocycles. The standard InChI is InChI=1S/C16H19F3N4O3/c17-16(18,19)15(21-22-15)8-11-3-1-2-6-23(11)13(24)5-4-10-7-12(14(25)26)20-9-10/h7,9,11,20H,1-6,8H2,(H,25,26). The topological polar surface area (TPSA) is 98.1 Å². The van der Waals surface area contributed by atoms with Crippen molar-refractivity contribution in [3.63, 3.8) is 0 Å². The lowest BCUT2D eigenvalue weighted by atomic mass is 9.93. The van der Waals surface area contributed by atoms with Gasteiger partial charge >= 0.3 is 12.1 Å². The van der Waals surface area contributed by atoms with Gasteiger partial charge in [0.15, 0.2) is 0 Å². The molecule has 0 radical (unpaired) electrons. The van der Waals surface area contributed by atoms with Gasteiger partial charge in [-0.15, -0.1) is 10.2 Å². The maximum atomic E-state index is 13.1. The maximum absolute atomic E-state index is 13.1. The summed E-state index contributed by atoms with van der Waals surface area (Å²) in [5, 5.41) is 15.3. The van der Waals surface area contributed by atoms with Gasteiger partial charge in [0.25, 0.3) is 5.66 Å². The van der Waals surface area contributed by atoms with Gasteiger partial charge in [-0.3, -0.25) is 4.79 Å². The molecule has 3 rings (SSSR count). The van der Waals surface area contributed by atoms with Crippen LogP contribution in [0.5, 0.6) is 0 Å². The minimum Gasteiger partial charge on any atom is -0.477 e. The molecule has 3 heterocycles. The Bertz CT molecular complexity index is 723. The molecule has 0 aromatic carbocycles. The van der Waals surface area contributed by atoms with Crippen LogP contribution >= 0.6 is 0 Å². The summed E-state index contributed by atoms with van der Waals surface area (Å²) >= 11 is 0. The van der Waals surface area contributed by atoms with Crippen LogP contribution in [0.3, 0.4) is 0 Å². The first-order valence-corrected chi connectivity index (χ1v) is 8.43. The fourth-order valence-electron chi connectivity index (χ4n) is 3.34. The summed E-state index contributed by atoms with van der Waals surface area (Å²) in [6.45, 7) is 0.422. The van der Waals surface area contributed by atoms with E-state index >= 15 is 0 Å². The van der Waals surface area contributed by atoms with Gasteiger partial charge in [0, 0.05) is 31.6 Å². The lowest BCUT2D eigenvalue weighted by molar-refractivity contribution is -0.170. The predicted molar refractivity (Wildman–Crippen MR) is 83.7 cm³/mol. The Morgan fingerprint density at radius 1 is 1.35 bits per heavy atom. The number of likely N-dealkylation sites (tertiary alicyclic amines) is 1. The van der Waals surface area contributed by atoms with Crippen molar-refractivity contribution < 1.29 is 27.9 Å². The Labute approximate surface area is 147 Å². The Morgan fingerprint density at radius 2 is 2.08 bits per heavy atom. The number of carbonyl (C=O) groups excluding carboxylic acids is 1. The summed E-state index contributed by atoms with van der Waals surface area (Å²) < 4.78 is 39.2. The predicted octanol–water partition coefficient (Wildman–Crippen LogP) is 3.14. The Hall–Kier alpha value is -2.39. The quantitative estimate of drug-likeness (QED) is 0.803. The SMILES string of the molecule is O=C(O)c1cc(CCC(=O)N2CCCCC2CC2(C(F)(F)F)N=N2)c[nH]1. The number of alkyl halides is 3. The Balaban J connectivity index is 1.60. The first kappa shape index (κ1) is 18.4. The van der Waals surface area contributed by atoms with E-state index in [0.29, 0.717) is 24.9 Å². The summed E-state index contributed by atoms with van der Waals surface area (Å²) in [7, 11) is 0. The third-order valence-electron chi connectivity index (χ3n) is 4.86. The van der Waals surface area contributed by atoms with E-state index in [1.807, 2.05) is 0 Å². The zero-order valence-corrected chi connectivity index (χ0v) is 13.9. The van der Waals surface area contributed by atoms with Crippen LogP contribution in [-0.4, -0.2) is 51.3 Å². The molecule has 26 heavy (non-hydrogen) atoms. The number of carbonyl (C=O) groups is 2. The zero-order chi connectivity index (χ0) is 18.9. The van der Waals surface area contributed by atoms with E-state index in [1.54, 1.807) is 0 Å². The van der Waals surface area contributed by atoms with Crippen LogP contribution in [0, 0.1) is 0 Å². The van der Waals surface area contributed by atoms with E-state index < -0.39 is 23.9 Å². The molecule has 10 heteroatoms. The number of piperidine rings is 1. The monoisotopic (exact) mass is 372 g/mol. The second kappa shape index (κ2) is 6.73. The molecule has 7 nitrogen and oxygen atoms in total. The molecule has 1 unspecified atom stereocenters. The largest absolute Gasteiger partial charge is 0.477 e. The molecule has 1 aromatic rings. The third-order valence-corrected chi connectivity index (χ3v) is 4.86. The number of H-pyrrole nitrogens is 1. The van der Waals surface area contributed by atoms with Gasteiger partial charge in [-0.1, -0.05) is 0 Å². The molecular weight excluding hydrogens is 353 g/mol. The van der Waals surface area contributed by atoms with E-state index in [9.17, 15) is 22.8 Å². The Kier molecular flexibility index (Phi) is 4.76. The van der Waals surface area contributed by atoms with E-state index in [-0.39, 0.29) is 24.4 Å². The summed E-state index contributed by atoms with van der Waals surface area (Å²) in [6, 6.07) is 0.915. The average molecular weight is 372 g/mol.